The molecule has 1 aromatic heterocycles. The monoisotopic (exact) mass is 397 g/mol. The predicted octanol–water partition coefficient (Wildman–Crippen LogP) is 3.61. The highest BCUT2D eigenvalue weighted by atomic mass is 16.5. The maximum atomic E-state index is 10.2. The highest BCUT2D eigenvalue weighted by molar-refractivity contribution is 5.54. The summed E-state index contributed by atoms with van der Waals surface area (Å²) in [5.41, 5.74) is 1.46. The van der Waals surface area contributed by atoms with Crippen LogP contribution in [0.5, 0.6) is 5.75 Å². The summed E-state index contributed by atoms with van der Waals surface area (Å²) in [4.78, 5) is 8.78. The smallest absolute Gasteiger partial charge is 0.224 e. The number of rotatable bonds is 7. The summed E-state index contributed by atoms with van der Waals surface area (Å²) < 4.78 is 5.18. The van der Waals surface area contributed by atoms with Gasteiger partial charge in [0.1, 0.15) is 23.2 Å². The molecule has 7 heteroatoms. The van der Waals surface area contributed by atoms with Crippen molar-refractivity contribution in [1.82, 2.24) is 9.97 Å². The van der Waals surface area contributed by atoms with Crippen LogP contribution in [0.15, 0.2) is 30.5 Å². The highest BCUT2D eigenvalue weighted by Crippen LogP contribution is 2.36. The van der Waals surface area contributed by atoms with Gasteiger partial charge in [-0.3, -0.25) is 0 Å². The first-order valence-electron chi connectivity index (χ1n) is 10.00. The molecule has 0 saturated heterocycles. The Morgan fingerprint density at radius 1 is 1.31 bits per heavy atom. The van der Waals surface area contributed by atoms with Gasteiger partial charge in [-0.25, -0.2) is 4.98 Å². The molecule has 2 atom stereocenters. The number of aromatic nitrogens is 2. The first-order chi connectivity index (χ1) is 13.9. The number of benzene rings is 1. The van der Waals surface area contributed by atoms with Gasteiger partial charge in [0.05, 0.1) is 19.4 Å². The molecule has 0 unspecified atom stereocenters. The summed E-state index contributed by atoms with van der Waals surface area (Å²) >= 11 is 0. The van der Waals surface area contributed by atoms with Gasteiger partial charge >= 0.3 is 0 Å². The average Bonchev–Trinajstić information content (AvgIpc) is 2.71. The first kappa shape index (κ1) is 20.9. The molecule has 1 saturated carbocycles. The zero-order valence-corrected chi connectivity index (χ0v) is 17.3. The van der Waals surface area contributed by atoms with E-state index in [1.807, 2.05) is 24.3 Å². The predicted molar refractivity (Wildman–Crippen MR) is 115 cm³/mol. The Labute approximate surface area is 173 Å². The minimum absolute atomic E-state index is 0. The molecule has 156 valence electrons. The summed E-state index contributed by atoms with van der Waals surface area (Å²) in [6.45, 7) is 4.83. The van der Waals surface area contributed by atoms with Gasteiger partial charge in [-0.1, -0.05) is 26.0 Å². The normalized spacial score (nSPS) is 20.5. The summed E-state index contributed by atoms with van der Waals surface area (Å²) in [5, 5.41) is 26.2. The molecule has 0 radical (unpaired) electrons. The van der Waals surface area contributed by atoms with E-state index in [2.05, 4.69) is 40.5 Å². The Bertz CT molecular complexity index is 867. The van der Waals surface area contributed by atoms with Crippen molar-refractivity contribution in [2.45, 2.75) is 51.7 Å². The van der Waals surface area contributed by atoms with E-state index in [0.29, 0.717) is 23.9 Å². The second-order valence-corrected chi connectivity index (χ2v) is 8.22. The number of nitriles is 1. The fourth-order valence-electron chi connectivity index (χ4n) is 3.71. The second kappa shape index (κ2) is 9.10. The van der Waals surface area contributed by atoms with Gasteiger partial charge in [0.25, 0.3) is 0 Å². The Kier molecular flexibility index (Phi) is 6.55. The van der Waals surface area contributed by atoms with Gasteiger partial charge in [-0.15, -0.1) is 0 Å². The molecule has 0 aliphatic heterocycles. The SMILES string of the molecule is COc1ccc(CCNc2ncc(C#N)c(N[C@@H]3CC[C@H](O)C(C)(C)C3)n2)cc1.[HH]. The largest absolute Gasteiger partial charge is 0.497 e. The summed E-state index contributed by atoms with van der Waals surface area (Å²) in [7, 11) is 1.65. The van der Waals surface area contributed by atoms with Gasteiger partial charge in [-0.05, 0) is 48.8 Å². The van der Waals surface area contributed by atoms with Crippen molar-refractivity contribution in [2.24, 2.45) is 5.41 Å². The minimum atomic E-state index is -0.295. The van der Waals surface area contributed by atoms with Crippen molar-refractivity contribution >= 4 is 11.8 Å². The third-order valence-corrected chi connectivity index (χ3v) is 5.57. The van der Waals surface area contributed by atoms with Crippen LogP contribution in [0.25, 0.3) is 0 Å². The van der Waals surface area contributed by atoms with E-state index in [1.165, 1.54) is 5.56 Å². The maximum Gasteiger partial charge on any atom is 0.224 e. The molecule has 0 bridgehead atoms. The highest BCUT2D eigenvalue weighted by Gasteiger charge is 2.35. The number of methoxy groups -OCH3 is 1. The van der Waals surface area contributed by atoms with Crippen molar-refractivity contribution in [3.8, 4) is 11.8 Å². The third kappa shape index (κ3) is 5.36. The van der Waals surface area contributed by atoms with E-state index in [9.17, 15) is 10.4 Å². The Hall–Kier alpha value is -2.85. The third-order valence-electron chi connectivity index (χ3n) is 5.57. The molecule has 1 aliphatic rings. The van der Waals surface area contributed by atoms with E-state index in [4.69, 9.17) is 4.74 Å². The molecule has 1 aliphatic carbocycles. The number of anilines is 2. The number of ether oxygens (including phenoxy) is 1. The summed E-state index contributed by atoms with van der Waals surface area (Å²) in [6.07, 6.45) is 4.49. The average molecular weight is 398 g/mol. The molecule has 0 spiro atoms. The number of aliphatic hydroxyl groups excluding tert-OH is 1. The first-order valence-corrected chi connectivity index (χ1v) is 10.00. The van der Waals surface area contributed by atoms with Gasteiger partial charge in [0.15, 0.2) is 0 Å². The molecule has 2 aromatic rings. The van der Waals surface area contributed by atoms with Crippen molar-refractivity contribution in [3.63, 3.8) is 0 Å². The zero-order chi connectivity index (χ0) is 20.9. The number of nitrogens with one attached hydrogen (secondary N) is 2. The molecule has 3 rings (SSSR count). The Balaban J connectivity index is 0.00000320. The van der Waals surface area contributed by atoms with Crippen molar-refractivity contribution in [1.29, 1.82) is 5.26 Å². The van der Waals surface area contributed by atoms with Crippen LogP contribution in [-0.4, -0.2) is 40.9 Å². The van der Waals surface area contributed by atoms with E-state index >= 15 is 0 Å². The molecule has 7 nitrogen and oxygen atoms in total. The van der Waals surface area contributed by atoms with Gasteiger partial charge in [-0.2, -0.15) is 10.2 Å². The van der Waals surface area contributed by atoms with Crippen LogP contribution in [0.1, 0.15) is 45.7 Å². The van der Waals surface area contributed by atoms with Crippen LogP contribution in [0.3, 0.4) is 0 Å². The van der Waals surface area contributed by atoms with Gasteiger partial charge in [0, 0.05) is 14.0 Å². The van der Waals surface area contributed by atoms with Crippen molar-refractivity contribution < 1.29 is 11.3 Å². The molecule has 0 amide bonds. The number of hydrogen-bond acceptors (Lipinski definition) is 7. The zero-order valence-electron chi connectivity index (χ0n) is 17.3. The second-order valence-electron chi connectivity index (χ2n) is 8.22. The lowest BCUT2D eigenvalue weighted by Gasteiger charge is -2.40. The Morgan fingerprint density at radius 3 is 2.72 bits per heavy atom. The summed E-state index contributed by atoms with van der Waals surface area (Å²) in [5.74, 6) is 1.88. The van der Waals surface area contributed by atoms with Crippen LogP contribution in [0, 0.1) is 16.7 Å². The fraction of sp³-hybridized carbons (Fsp3) is 0.500. The molecular weight excluding hydrogens is 366 g/mol. The maximum absolute atomic E-state index is 10.2. The lowest BCUT2D eigenvalue weighted by Crippen LogP contribution is -2.41. The molecule has 1 heterocycles. The summed E-state index contributed by atoms with van der Waals surface area (Å²) in [6, 6.07) is 10.3. The fourth-order valence-corrected chi connectivity index (χ4v) is 3.71. The van der Waals surface area contributed by atoms with Crippen LogP contribution in [0.4, 0.5) is 11.8 Å². The van der Waals surface area contributed by atoms with Gasteiger partial charge in [0.2, 0.25) is 5.95 Å². The van der Waals surface area contributed by atoms with Crippen molar-refractivity contribution in [3.05, 3.63) is 41.6 Å². The molecule has 1 fully saturated rings. The van der Waals surface area contributed by atoms with Crippen LogP contribution >= 0.6 is 0 Å². The molecule has 29 heavy (non-hydrogen) atoms. The molecule has 1 aromatic carbocycles. The number of nitrogens with zero attached hydrogens (tertiary/aromatic N) is 3. The minimum Gasteiger partial charge on any atom is -0.497 e. The van der Waals surface area contributed by atoms with Crippen molar-refractivity contribution in [2.75, 3.05) is 24.3 Å². The van der Waals surface area contributed by atoms with E-state index in [1.54, 1.807) is 13.3 Å². The van der Waals surface area contributed by atoms with Crippen LogP contribution in [-0.2, 0) is 6.42 Å². The Morgan fingerprint density at radius 2 is 2.07 bits per heavy atom. The van der Waals surface area contributed by atoms with Crippen LogP contribution < -0.4 is 15.4 Å². The quantitative estimate of drug-likeness (QED) is 0.656. The van der Waals surface area contributed by atoms with E-state index in [0.717, 1.165) is 31.4 Å². The van der Waals surface area contributed by atoms with Gasteiger partial charge < -0.3 is 20.5 Å². The lowest BCUT2D eigenvalue weighted by atomic mass is 9.73. The van der Waals surface area contributed by atoms with Crippen LogP contribution in [0.2, 0.25) is 0 Å². The molecular formula is C22H31N5O2. The molecule has 3 N–H and O–H groups in total. The topological polar surface area (TPSA) is 103 Å². The number of hydrogen-bond donors (Lipinski definition) is 3. The van der Waals surface area contributed by atoms with E-state index < -0.39 is 0 Å². The number of aliphatic hydroxyl groups is 1. The van der Waals surface area contributed by atoms with E-state index in [-0.39, 0.29) is 19.0 Å². The standard InChI is InChI=1S/C22H29N5O2.H2/c1-22(2)12-17(6-9-19(22)28)26-20-16(13-23)14-25-21(27-20)24-11-10-15-4-7-18(29-3)8-5-15;/h4-5,7-8,14,17,19,28H,6,9-12H2,1-3H3,(H2,24,25,26,27);1H/t17-,19+;/m1./s1. The lowest BCUT2D eigenvalue weighted by molar-refractivity contribution is 0.00926.